The number of rotatable bonds is 13. The van der Waals surface area contributed by atoms with E-state index in [1.807, 2.05) is 18.2 Å². The van der Waals surface area contributed by atoms with Crippen LogP contribution in [0.5, 0.6) is 0 Å². The number of ether oxygens (including phenoxy) is 2. The fraction of sp³-hybridized carbons (Fsp3) is 0.344. The monoisotopic (exact) mass is 614 g/mol. The summed E-state index contributed by atoms with van der Waals surface area (Å²) in [5, 5.41) is 12.9. The highest BCUT2D eigenvalue weighted by Gasteiger charge is 2.30. The van der Waals surface area contributed by atoms with E-state index in [2.05, 4.69) is 25.8 Å². The van der Waals surface area contributed by atoms with Gasteiger partial charge >= 0.3 is 6.09 Å². The minimum absolute atomic E-state index is 0.00149. The number of nitrogens with zero attached hydrogens (tertiary/aromatic N) is 4. The van der Waals surface area contributed by atoms with Gasteiger partial charge in [0.1, 0.15) is 31.3 Å². The van der Waals surface area contributed by atoms with Gasteiger partial charge in [0, 0.05) is 5.56 Å². The van der Waals surface area contributed by atoms with Gasteiger partial charge in [0.25, 0.3) is 11.4 Å². The molecule has 1 fully saturated rings. The van der Waals surface area contributed by atoms with Crippen LogP contribution in [0, 0.1) is 5.92 Å². The summed E-state index contributed by atoms with van der Waals surface area (Å²) in [4.78, 5) is 57.1. The number of nitrogens with one attached hydrogen (secondary N) is 2. The number of amides is 2. The molecule has 0 aliphatic heterocycles. The van der Waals surface area contributed by atoms with Crippen molar-refractivity contribution in [2.75, 3.05) is 5.32 Å². The SMILES string of the molecule is CC(C)C(NC(=O)Cn1c(-c2ccccc2)ncc(NC(=O)OCc2ccccc2)c1=O)C(=O)c1nnc(COC2CCC2)o1. The molecule has 1 unspecified atom stereocenters. The van der Waals surface area contributed by atoms with Gasteiger partial charge in [-0.1, -0.05) is 74.5 Å². The van der Waals surface area contributed by atoms with Gasteiger partial charge in [0.15, 0.2) is 0 Å². The fourth-order valence-corrected chi connectivity index (χ4v) is 4.58. The molecule has 1 saturated carbocycles. The lowest BCUT2D eigenvalue weighted by Crippen LogP contribution is -2.46. The maximum absolute atomic E-state index is 13.6. The third kappa shape index (κ3) is 8.06. The lowest BCUT2D eigenvalue weighted by Gasteiger charge is -2.24. The fourth-order valence-electron chi connectivity index (χ4n) is 4.58. The number of Topliss-reactive ketones (excluding diaryl/α,β-unsaturated/α-hetero) is 1. The van der Waals surface area contributed by atoms with Crippen LogP contribution >= 0.6 is 0 Å². The predicted octanol–water partition coefficient (Wildman–Crippen LogP) is 4.13. The Bertz CT molecular complexity index is 1680. The van der Waals surface area contributed by atoms with Crippen molar-refractivity contribution in [3.05, 3.63) is 94.6 Å². The Hall–Kier alpha value is -5.17. The average Bonchev–Trinajstić information content (AvgIpc) is 3.50. The van der Waals surface area contributed by atoms with E-state index in [0.717, 1.165) is 29.4 Å². The number of ketones is 1. The summed E-state index contributed by atoms with van der Waals surface area (Å²) in [6, 6.07) is 16.9. The highest BCUT2D eigenvalue weighted by atomic mass is 16.5. The number of carbonyl (C=O) groups excluding carboxylic acids is 3. The summed E-state index contributed by atoms with van der Waals surface area (Å²) in [6.45, 7) is 3.12. The molecule has 0 bridgehead atoms. The summed E-state index contributed by atoms with van der Waals surface area (Å²) in [6.07, 6.45) is 3.58. The van der Waals surface area contributed by atoms with Gasteiger partial charge in [0.05, 0.1) is 18.3 Å². The summed E-state index contributed by atoms with van der Waals surface area (Å²) >= 11 is 0. The number of aromatic nitrogens is 4. The van der Waals surface area contributed by atoms with E-state index in [-0.39, 0.29) is 48.5 Å². The van der Waals surface area contributed by atoms with Crippen LogP contribution in [-0.2, 0) is 34.0 Å². The summed E-state index contributed by atoms with van der Waals surface area (Å²) in [5.41, 5.74) is 0.475. The first-order valence-corrected chi connectivity index (χ1v) is 14.7. The lowest BCUT2D eigenvalue weighted by atomic mass is 9.96. The van der Waals surface area contributed by atoms with Gasteiger partial charge < -0.3 is 19.2 Å². The molecule has 1 atom stereocenters. The number of hydrogen-bond donors (Lipinski definition) is 2. The van der Waals surface area contributed by atoms with Crippen molar-refractivity contribution in [2.24, 2.45) is 5.92 Å². The van der Waals surface area contributed by atoms with Crippen LogP contribution in [0.2, 0.25) is 0 Å². The first-order chi connectivity index (χ1) is 21.8. The predicted molar refractivity (Wildman–Crippen MR) is 162 cm³/mol. The Kier molecular flexibility index (Phi) is 10.1. The highest BCUT2D eigenvalue weighted by molar-refractivity contribution is 5.98. The second-order valence-corrected chi connectivity index (χ2v) is 11.0. The molecule has 2 N–H and O–H groups in total. The first kappa shape index (κ1) is 31.3. The third-order valence-electron chi connectivity index (χ3n) is 7.27. The highest BCUT2D eigenvalue weighted by Crippen LogP contribution is 2.23. The van der Waals surface area contributed by atoms with Gasteiger partial charge in [-0.15, -0.1) is 10.2 Å². The summed E-state index contributed by atoms with van der Waals surface area (Å²) < 4.78 is 17.6. The molecule has 13 heteroatoms. The molecule has 2 amide bonds. The molecule has 13 nitrogen and oxygen atoms in total. The van der Waals surface area contributed by atoms with Crippen molar-refractivity contribution in [2.45, 2.75) is 65.0 Å². The quantitative estimate of drug-likeness (QED) is 0.209. The molecular formula is C32H34N6O7. The van der Waals surface area contributed by atoms with Crippen LogP contribution in [0.1, 0.15) is 55.2 Å². The Morgan fingerprint density at radius 1 is 1.00 bits per heavy atom. The van der Waals surface area contributed by atoms with Crippen molar-refractivity contribution in [1.82, 2.24) is 25.1 Å². The molecule has 2 heterocycles. The van der Waals surface area contributed by atoms with E-state index < -0.39 is 35.9 Å². The van der Waals surface area contributed by atoms with E-state index in [1.54, 1.807) is 56.3 Å². The molecule has 4 aromatic rings. The van der Waals surface area contributed by atoms with Crippen molar-refractivity contribution < 1.29 is 28.3 Å². The summed E-state index contributed by atoms with van der Waals surface area (Å²) in [7, 11) is 0. The molecule has 2 aromatic carbocycles. The van der Waals surface area contributed by atoms with Crippen molar-refractivity contribution >= 4 is 23.5 Å². The number of hydrogen-bond acceptors (Lipinski definition) is 10. The lowest BCUT2D eigenvalue weighted by molar-refractivity contribution is -0.122. The molecule has 45 heavy (non-hydrogen) atoms. The Morgan fingerprint density at radius 2 is 1.71 bits per heavy atom. The van der Waals surface area contributed by atoms with Crippen LogP contribution in [0.3, 0.4) is 0 Å². The van der Waals surface area contributed by atoms with Crippen LogP contribution in [-0.4, -0.2) is 49.7 Å². The zero-order valence-electron chi connectivity index (χ0n) is 25.0. The van der Waals surface area contributed by atoms with Crippen LogP contribution in [0.25, 0.3) is 11.4 Å². The number of benzene rings is 2. The zero-order valence-corrected chi connectivity index (χ0v) is 25.0. The van der Waals surface area contributed by atoms with Crippen LogP contribution in [0.4, 0.5) is 10.5 Å². The van der Waals surface area contributed by atoms with E-state index in [9.17, 15) is 19.2 Å². The van der Waals surface area contributed by atoms with Crippen molar-refractivity contribution in [1.29, 1.82) is 0 Å². The molecule has 0 saturated heterocycles. The molecular weight excluding hydrogens is 580 g/mol. The first-order valence-electron chi connectivity index (χ1n) is 14.7. The molecule has 5 rings (SSSR count). The third-order valence-corrected chi connectivity index (χ3v) is 7.27. The van der Waals surface area contributed by atoms with E-state index in [0.29, 0.717) is 5.56 Å². The van der Waals surface area contributed by atoms with E-state index >= 15 is 0 Å². The smallest absolute Gasteiger partial charge is 0.412 e. The normalized spacial score (nSPS) is 13.6. The number of carbonyl (C=O) groups is 3. The topological polar surface area (TPSA) is 168 Å². The minimum atomic E-state index is -1.02. The van der Waals surface area contributed by atoms with Crippen molar-refractivity contribution in [3.63, 3.8) is 0 Å². The van der Waals surface area contributed by atoms with Crippen LogP contribution in [0.15, 0.2) is 76.1 Å². The molecule has 2 aromatic heterocycles. The van der Waals surface area contributed by atoms with Crippen molar-refractivity contribution in [3.8, 4) is 11.4 Å². The van der Waals surface area contributed by atoms with Gasteiger partial charge in [-0.2, -0.15) is 0 Å². The van der Waals surface area contributed by atoms with E-state index in [4.69, 9.17) is 13.9 Å². The molecule has 0 radical (unpaired) electrons. The second-order valence-electron chi connectivity index (χ2n) is 11.0. The summed E-state index contributed by atoms with van der Waals surface area (Å²) in [5.74, 6) is -1.43. The molecule has 0 spiro atoms. The maximum atomic E-state index is 13.6. The zero-order chi connectivity index (χ0) is 31.8. The van der Waals surface area contributed by atoms with Gasteiger partial charge in [-0.05, 0) is 30.7 Å². The Balaban J connectivity index is 1.31. The Labute approximate surface area is 259 Å². The van der Waals surface area contributed by atoms with Gasteiger partial charge in [-0.25, -0.2) is 9.78 Å². The minimum Gasteiger partial charge on any atom is -0.444 e. The van der Waals surface area contributed by atoms with E-state index in [1.165, 1.54) is 6.20 Å². The van der Waals surface area contributed by atoms with Gasteiger partial charge in [0.2, 0.25) is 17.6 Å². The molecule has 1 aliphatic carbocycles. The molecule has 234 valence electrons. The molecule has 1 aliphatic rings. The number of anilines is 1. The standard InChI is InChI=1S/C32H34N6O7/c1-20(2)27(28(40)30-37-36-26(45-30)19-43-23-14-9-15-23)35-25(39)17-38-29(22-12-7-4-8-13-22)33-16-24(31(38)41)34-32(42)44-18-21-10-5-3-6-11-21/h3-8,10-13,16,20,23,27H,9,14-15,17-19H2,1-2H3,(H,34,42)(H,35,39). The maximum Gasteiger partial charge on any atom is 0.412 e. The Morgan fingerprint density at radius 3 is 2.38 bits per heavy atom. The largest absolute Gasteiger partial charge is 0.444 e. The van der Waals surface area contributed by atoms with Crippen LogP contribution < -0.4 is 16.2 Å². The average molecular weight is 615 g/mol. The second kappa shape index (κ2) is 14.5. The van der Waals surface area contributed by atoms with Gasteiger partial charge in [-0.3, -0.25) is 24.3 Å².